The molecule has 2 aromatic heterocycles. The Bertz CT molecular complexity index is 924. The van der Waals surface area contributed by atoms with Crippen molar-refractivity contribution in [3.63, 3.8) is 0 Å². The Kier molecular flexibility index (Phi) is 5.53. The number of aliphatic hydroxyl groups is 1. The van der Waals surface area contributed by atoms with E-state index in [1.165, 1.54) is 6.20 Å². The van der Waals surface area contributed by atoms with Crippen LogP contribution in [0.1, 0.15) is 27.2 Å². The number of aromatic nitrogens is 3. The number of halogens is 3. The minimum atomic E-state index is -0.946. The van der Waals surface area contributed by atoms with E-state index in [-0.39, 0.29) is 40.1 Å². The van der Waals surface area contributed by atoms with Crippen LogP contribution in [0.3, 0.4) is 0 Å². The van der Waals surface area contributed by atoms with Gasteiger partial charge in [-0.2, -0.15) is 4.98 Å². The highest BCUT2D eigenvalue weighted by molar-refractivity contribution is 6.30. The fourth-order valence-electron chi connectivity index (χ4n) is 3.73. The van der Waals surface area contributed by atoms with Gasteiger partial charge in [0.05, 0.1) is 17.5 Å². The number of amides is 1. The van der Waals surface area contributed by atoms with Crippen LogP contribution in [-0.2, 0) is 4.74 Å². The first kappa shape index (κ1) is 20.8. The molecule has 11 heteroatoms. The summed E-state index contributed by atoms with van der Waals surface area (Å²) in [6.45, 7) is 5.99. The third-order valence-electron chi connectivity index (χ3n) is 4.62. The van der Waals surface area contributed by atoms with Crippen molar-refractivity contribution in [2.75, 3.05) is 11.4 Å². The largest absolute Gasteiger partial charge is 0.444 e. The second-order valence-electron chi connectivity index (χ2n) is 7.77. The molecule has 3 heterocycles. The average molecular weight is 432 g/mol. The van der Waals surface area contributed by atoms with Gasteiger partial charge < -0.3 is 20.5 Å². The van der Waals surface area contributed by atoms with Crippen molar-refractivity contribution in [1.82, 2.24) is 15.0 Å². The second-order valence-corrected chi connectivity index (χ2v) is 8.47. The molecular weight excluding hydrogens is 412 g/mol. The van der Waals surface area contributed by atoms with Crippen LogP contribution >= 0.6 is 23.2 Å². The molecule has 152 valence electrons. The van der Waals surface area contributed by atoms with Gasteiger partial charge in [0.2, 0.25) is 5.28 Å². The summed E-state index contributed by atoms with van der Waals surface area (Å²) in [5.41, 5.74) is 4.71. The summed E-state index contributed by atoms with van der Waals surface area (Å²) in [4.78, 5) is 25.2. The maximum absolute atomic E-state index is 14.5. The molecule has 0 saturated carbocycles. The van der Waals surface area contributed by atoms with Crippen LogP contribution < -0.4 is 10.6 Å². The van der Waals surface area contributed by atoms with Crippen molar-refractivity contribution < 1.29 is 19.0 Å². The summed E-state index contributed by atoms with van der Waals surface area (Å²) in [6, 6.07) is -0.434. The smallest absolute Gasteiger partial charge is 0.404 e. The number of anilines is 1. The summed E-state index contributed by atoms with van der Waals surface area (Å²) < 4.78 is 19.8. The Labute approximate surface area is 170 Å². The van der Waals surface area contributed by atoms with E-state index < -0.39 is 35.6 Å². The minimum absolute atomic E-state index is 0.0879. The van der Waals surface area contributed by atoms with Crippen LogP contribution in [0.2, 0.25) is 10.4 Å². The molecule has 28 heavy (non-hydrogen) atoms. The number of carbonyl (C=O) groups excluding carboxylic acids is 1. The van der Waals surface area contributed by atoms with Crippen LogP contribution in [0.4, 0.5) is 15.0 Å². The molecule has 1 saturated heterocycles. The van der Waals surface area contributed by atoms with Crippen LogP contribution in [0.15, 0.2) is 6.20 Å². The van der Waals surface area contributed by atoms with E-state index in [2.05, 4.69) is 15.0 Å². The third kappa shape index (κ3) is 3.92. The molecule has 3 N–H and O–H groups in total. The molecule has 1 aliphatic heterocycles. The zero-order valence-corrected chi connectivity index (χ0v) is 17.0. The number of hydrogen-bond acceptors (Lipinski definition) is 7. The normalized spacial score (nSPS) is 23.1. The standard InChI is InChI=1S/C17H20Cl2FN5O3/c1-17(2,3)12-9(28-16(21)27)4-7(26)6-25(12)14-8-5-22-13(18)10(20)11(8)23-15(19)24-14/h5,7,9,12,26H,4,6H2,1-3H3,(H2,21,27)/t7-,9-,12?/m0/s1. The maximum Gasteiger partial charge on any atom is 0.404 e. The molecule has 0 bridgehead atoms. The quantitative estimate of drug-likeness (QED) is 0.554. The van der Waals surface area contributed by atoms with Crippen LogP contribution in [-0.4, -0.2) is 50.9 Å². The number of aliphatic hydroxyl groups excluding tert-OH is 1. The summed E-state index contributed by atoms with van der Waals surface area (Å²) in [7, 11) is 0. The molecule has 3 rings (SSSR count). The summed E-state index contributed by atoms with van der Waals surface area (Å²) in [5, 5.41) is 10.1. The monoisotopic (exact) mass is 431 g/mol. The summed E-state index contributed by atoms with van der Waals surface area (Å²) in [5.74, 6) is -0.561. The zero-order chi connectivity index (χ0) is 20.8. The molecule has 1 unspecified atom stereocenters. The minimum Gasteiger partial charge on any atom is -0.444 e. The average Bonchev–Trinajstić information content (AvgIpc) is 2.55. The lowest BCUT2D eigenvalue weighted by atomic mass is 9.78. The van der Waals surface area contributed by atoms with Gasteiger partial charge in [0, 0.05) is 19.2 Å². The highest BCUT2D eigenvalue weighted by atomic mass is 35.5. The number of hydrogen-bond donors (Lipinski definition) is 2. The summed E-state index contributed by atoms with van der Waals surface area (Å²) in [6.07, 6.45) is -0.946. The lowest BCUT2D eigenvalue weighted by Gasteiger charge is -2.49. The number of fused-ring (bicyclic) bond motifs is 1. The molecule has 2 aromatic rings. The van der Waals surface area contributed by atoms with Gasteiger partial charge in [-0.25, -0.2) is 19.2 Å². The van der Waals surface area contributed by atoms with E-state index in [0.717, 1.165) is 0 Å². The Morgan fingerprint density at radius 3 is 2.68 bits per heavy atom. The van der Waals surface area contributed by atoms with Gasteiger partial charge in [0.1, 0.15) is 17.4 Å². The number of pyridine rings is 1. The van der Waals surface area contributed by atoms with Gasteiger partial charge in [0.25, 0.3) is 0 Å². The molecule has 1 amide bonds. The Morgan fingerprint density at radius 1 is 1.39 bits per heavy atom. The number of carbonyl (C=O) groups is 1. The van der Waals surface area contributed by atoms with E-state index >= 15 is 0 Å². The molecule has 8 nitrogen and oxygen atoms in total. The van der Waals surface area contributed by atoms with Gasteiger partial charge in [-0.15, -0.1) is 0 Å². The third-order valence-corrected chi connectivity index (χ3v) is 5.05. The SMILES string of the molecule is CC(C)(C)C1[C@@H](OC(N)=O)C[C@H](O)CN1c1nc(Cl)nc2c(F)c(Cl)ncc12. The van der Waals surface area contributed by atoms with Gasteiger partial charge in [0.15, 0.2) is 11.0 Å². The molecule has 0 aliphatic carbocycles. The first-order valence-corrected chi connectivity index (χ1v) is 9.32. The predicted octanol–water partition coefficient (Wildman–Crippen LogP) is 2.92. The number of rotatable bonds is 2. The number of nitrogens with zero attached hydrogens (tertiary/aromatic N) is 4. The molecular formula is C17H20Cl2FN5O3. The first-order valence-electron chi connectivity index (χ1n) is 8.57. The molecule has 0 radical (unpaired) electrons. The van der Waals surface area contributed by atoms with Crippen LogP contribution in [0, 0.1) is 11.2 Å². The van der Waals surface area contributed by atoms with Crippen molar-refractivity contribution in [3.05, 3.63) is 22.5 Å². The molecule has 0 spiro atoms. The number of β-amino-alcohol motifs (C(OH)–C–C–N with tert-alkyl or cyclic N) is 1. The van der Waals surface area contributed by atoms with Crippen molar-refractivity contribution in [2.45, 2.75) is 45.4 Å². The molecule has 1 fully saturated rings. The van der Waals surface area contributed by atoms with Crippen LogP contribution in [0.5, 0.6) is 0 Å². The fourth-order valence-corrected chi connectivity index (χ4v) is 4.03. The van der Waals surface area contributed by atoms with Crippen molar-refractivity contribution in [1.29, 1.82) is 0 Å². The zero-order valence-electron chi connectivity index (χ0n) is 15.5. The Hall–Kier alpha value is -1.97. The Morgan fingerprint density at radius 2 is 2.07 bits per heavy atom. The molecule has 3 atom stereocenters. The summed E-state index contributed by atoms with van der Waals surface area (Å²) >= 11 is 11.8. The number of nitrogens with two attached hydrogens (primary N) is 1. The van der Waals surface area contributed by atoms with Crippen molar-refractivity contribution >= 4 is 46.0 Å². The van der Waals surface area contributed by atoms with Crippen molar-refractivity contribution in [3.8, 4) is 0 Å². The molecule has 1 aliphatic rings. The van der Waals surface area contributed by atoms with Crippen molar-refractivity contribution in [2.24, 2.45) is 11.1 Å². The van der Waals surface area contributed by atoms with Gasteiger partial charge >= 0.3 is 6.09 Å². The molecule has 0 aromatic carbocycles. The van der Waals surface area contributed by atoms with Crippen LogP contribution in [0.25, 0.3) is 10.9 Å². The first-order chi connectivity index (χ1) is 13.0. The predicted molar refractivity (Wildman–Crippen MR) is 103 cm³/mol. The highest BCUT2D eigenvalue weighted by Gasteiger charge is 2.45. The number of ether oxygens (including phenoxy) is 1. The van der Waals surface area contributed by atoms with Gasteiger partial charge in [-0.3, -0.25) is 0 Å². The van der Waals surface area contributed by atoms with E-state index in [9.17, 15) is 14.3 Å². The van der Waals surface area contributed by atoms with Gasteiger partial charge in [-0.1, -0.05) is 32.4 Å². The van der Waals surface area contributed by atoms with E-state index in [0.29, 0.717) is 0 Å². The number of piperidine rings is 1. The van der Waals surface area contributed by atoms with E-state index in [1.54, 1.807) is 4.90 Å². The lowest BCUT2D eigenvalue weighted by Crippen LogP contribution is -2.60. The maximum atomic E-state index is 14.5. The van der Waals surface area contributed by atoms with E-state index in [4.69, 9.17) is 33.7 Å². The number of primary amides is 1. The topological polar surface area (TPSA) is 114 Å². The fraction of sp³-hybridized carbons (Fsp3) is 0.529. The highest BCUT2D eigenvalue weighted by Crippen LogP contribution is 2.39. The lowest BCUT2D eigenvalue weighted by molar-refractivity contribution is -0.00193. The van der Waals surface area contributed by atoms with E-state index in [1.807, 2.05) is 20.8 Å². The Balaban J connectivity index is 2.21. The second kappa shape index (κ2) is 7.46. The van der Waals surface area contributed by atoms with Gasteiger partial charge in [-0.05, 0) is 17.0 Å².